The second-order valence-corrected chi connectivity index (χ2v) is 9.00. The van der Waals surface area contributed by atoms with E-state index >= 15 is 0 Å². The van der Waals surface area contributed by atoms with Gasteiger partial charge in [0.25, 0.3) is 5.91 Å². The van der Waals surface area contributed by atoms with Crippen LogP contribution in [0.25, 0.3) is 0 Å². The summed E-state index contributed by atoms with van der Waals surface area (Å²) >= 11 is 12.2. The van der Waals surface area contributed by atoms with Crippen LogP contribution in [0.3, 0.4) is 0 Å². The smallest absolute Gasteiger partial charge is 0.254 e. The second kappa shape index (κ2) is 11.6. The summed E-state index contributed by atoms with van der Waals surface area (Å²) in [4.78, 5) is 29.3. The van der Waals surface area contributed by atoms with Crippen molar-refractivity contribution < 1.29 is 19.1 Å². The molecule has 0 aliphatic carbocycles. The van der Waals surface area contributed by atoms with E-state index in [1.165, 1.54) is 12.0 Å². The van der Waals surface area contributed by atoms with Crippen LogP contribution in [0.4, 0.5) is 0 Å². The summed E-state index contributed by atoms with van der Waals surface area (Å²) in [5.74, 6) is 0.0526. The van der Waals surface area contributed by atoms with E-state index in [1.807, 2.05) is 6.07 Å². The molecule has 1 heterocycles. The Balaban J connectivity index is 1.70. The number of carbonyl (C=O) groups is 2. The van der Waals surface area contributed by atoms with Crippen molar-refractivity contribution in [2.75, 3.05) is 47.0 Å². The molecular formula is C25H27Cl2N3O4. The molecule has 34 heavy (non-hydrogen) atoms. The quantitative estimate of drug-likeness (QED) is 0.539. The molecule has 2 aromatic rings. The molecule has 0 radical (unpaired) electrons. The van der Waals surface area contributed by atoms with Crippen molar-refractivity contribution in [3.63, 3.8) is 0 Å². The molecule has 7 nitrogen and oxygen atoms in total. The normalized spacial score (nSPS) is 14.9. The van der Waals surface area contributed by atoms with Gasteiger partial charge in [0.2, 0.25) is 5.91 Å². The van der Waals surface area contributed by atoms with Gasteiger partial charge in [0.05, 0.1) is 30.2 Å². The number of carbonyl (C=O) groups excluding carboxylic acids is 2. The van der Waals surface area contributed by atoms with Crippen LogP contribution in [0.1, 0.15) is 28.8 Å². The zero-order valence-corrected chi connectivity index (χ0v) is 20.7. The van der Waals surface area contributed by atoms with Gasteiger partial charge in [0, 0.05) is 37.3 Å². The zero-order valence-electron chi connectivity index (χ0n) is 19.2. The van der Waals surface area contributed by atoms with Crippen molar-refractivity contribution in [3.05, 3.63) is 63.6 Å². The predicted octanol–water partition coefficient (Wildman–Crippen LogP) is 4.17. The topological polar surface area (TPSA) is 82.9 Å². The Kier molecular flexibility index (Phi) is 8.78. The SMILES string of the molecule is COCCN(CC(=O)N1CCC(C#N)(c2ccc(Cl)c(OC)c2)CC1)C(=O)c1cccc(Cl)c1. The molecule has 0 saturated carbocycles. The highest BCUT2D eigenvalue weighted by Gasteiger charge is 2.38. The maximum absolute atomic E-state index is 13.1. The monoisotopic (exact) mass is 503 g/mol. The van der Waals surface area contributed by atoms with Crippen molar-refractivity contribution in [3.8, 4) is 11.8 Å². The molecule has 2 aromatic carbocycles. The number of hydrogen-bond acceptors (Lipinski definition) is 5. The highest BCUT2D eigenvalue weighted by Crippen LogP contribution is 2.38. The first-order chi connectivity index (χ1) is 16.3. The third-order valence-electron chi connectivity index (χ3n) is 6.14. The lowest BCUT2D eigenvalue weighted by molar-refractivity contribution is -0.133. The molecule has 0 atom stereocenters. The van der Waals surface area contributed by atoms with Gasteiger partial charge in [0.1, 0.15) is 12.3 Å². The van der Waals surface area contributed by atoms with Gasteiger partial charge in [-0.3, -0.25) is 9.59 Å². The van der Waals surface area contributed by atoms with E-state index in [9.17, 15) is 14.9 Å². The predicted molar refractivity (Wildman–Crippen MR) is 130 cm³/mol. The number of nitrogens with zero attached hydrogens (tertiary/aromatic N) is 3. The van der Waals surface area contributed by atoms with Gasteiger partial charge in [-0.05, 0) is 48.7 Å². The van der Waals surface area contributed by atoms with Crippen LogP contribution in [-0.2, 0) is 14.9 Å². The number of benzene rings is 2. The first-order valence-electron chi connectivity index (χ1n) is 10.9. The number of methoxy groups -OCH3 is 2. The molecule has 2 amide bonds. The average Bonchev–Trinajstić information content (AvgIpc) is 2.86. The van der Waals surface area contributed by atoms with E-state index in [0.717, 1.165) is 5.56 Å². The zero-order chi connectivity index (χ0) is 24.7. The van der Waals surface area contributed by atoms with Gasteiger partial charge < -0.3 is 19.3 Å². The van der Waals surface area contributed by atoms with E-state index in [2.05, 4.69) is 6.07 Å². The maximum atomic E-state index is 13.1. The van der Waals surface area contributed by atoms with Gasteiger partial charge >= 0.3 is 0 Å². The molecule has 9 heteroatoms. The van der Waals surface area contributed by atoms with Crippen LogP contribution >= 0.6 is 23.2 Å². The molecule has 1 aliphatic heterocycles. The highest BCUT2D eigenvalue weighted by molar-refractivity contribution is 6.32. The Bertz CT molecular complexity index is 1080. The fourth-order valence-corrected chi connectivity index (χ4v) is 4.47. The number of halogens is 2. The lowest BCUT2D eigenvalue weighted by atomic mass is 9.74. The summed E-state index contributed by atoms with van der Waals surface area (Å²) in [7, 11) is 3.08. The average molecular weight is 504 g/mol. The Morgan fingerprint density at radius 3 is 2.50 bits per heavy atom. The highest BCUT2D eigenvalue weighted by atomic mass is 35.5. The first kappa shape index (κ1) is 25.8. The molecule has 0 aromatic heterocycles. The third-order valence-corrected chi connectivity index (χ3v) is 6.68. The number of amides is 2. The van der Waals surface area contributed by atoms with Crippen LogP contribution in [0.2, 0.25) is 10.0 Å². The molecule has 1 aliphatic rings. The standard InChI is InChI=1S/C25H27Cl2N3O4/c1-33-13-12-30(24(32)18-4-3-5-20(26)14-18)16-23(31)29-10-8-25(17-28,9-11-29)19-6-7-21(27)22(15-19)34-2/h3-7,14-15H,8-13,16H2,1-2H3. The van der Waals surface area contributed by atoms with Crippen LogP contribution in [0.5, 0.6) is 5.75 Å². The number of rotatable bonds is 8. The summed E-state index contributed by atoms with van der Waals surface area (Å²) < 4.78 is 10.4. The van der Waals surface area contributed by atoms with Crippen molar-refractivity contribution in [2.24, 2.45) is 0 Å². The van der Waals surface area contributed by atoms with Gasteiger partial charge in [-0.1, -0.05) is 35.3 Å². The van der Waals surface area contributed by atoms with E-state index < -0.39 is 5.41 Å². The van der Waals surface area contributed by atoms with Gasteiger partial charge in [0.15, 0.2) is 0 Å². The van der Waals surface area contributed by atoms with Gasteiger partial charge in [-0.25, -0.2) is 0 Å². The van der Waals surface area contributed by atoms with Crippen molar-refractivity contribution in [1.29, 1.82) is 5.26 Å². The minimum Gasteiger partial charge on any atom is -0.495 e. The fourth-order valence-electron chi connectivity index (χ4n) is 4.08. The summed E-state index contributed by atoms with van der Waals surface area (Å²) in [5, 5.41) is 10.9. The Hall–Kier alpha value is -2.79. The number of hydrogen-bond donors (Lipinski definition) is 0. The number of piperidine rings is 1. The van der Waals surface area contributed by atoms with Crippen LogP contribution < -0.4 is 4.74 Å². The minimum atomic E-state index is -0.735. The van der Waals surface area contributed by atoms with E-state index in [4.69, 9.17) is 32.7 Å². The lowest BCUT2D eigenvalue weighted by Crippen LogP contribution is -2.49. The largest absolute Gasteiger partial charge is 0.495 e. The summed E-state index contributed by atoms with van der Waals surface area (Å²) in [6.07, 6.45) is 0.945. The second-order valence-electron chi connectivity index (χ2n) is 8.15. The third kappa shape index (κ3) is 5.82. The molecule has 3 rings (SSSR count). The minimum absolute atomic E-state index is 0.0803. The molecule has 0 spiro atoms. The first-order valence-corrected chi connectivity index (χ1v) is 11.7. The van der Waals surface area contributed by atoms with Gasteiger partial charge in [-0.15, -0.1) is 0 Å². The molecule has 0 bridgehead atoms. The summed E-state index contributed by atoms with van der Waals surface area (Å²) in [6.45, 7) is 1.30. The molecule has 1 fully saturated rings. The summed E-state index contributed by atoms with van der Waals surface area (Å²) in [5.41, 5.74) is 0.498. The van der Waals surface area contributed by atoms with Crippen LogP contribution in [0, 0.1) is 11.3 Å². The Morgan fingerprint density at radius 1 is 1.15 bits per heavy atom. The Labute approximate surface area is 209 Å². The molecule has 0 N–H and O–H groups in total. The van der Waals surface area contributed by atoms with Crippen molar-refractivity contribution in [2.45, 2.75) is 18.3 Å². The van der Waals surface area contributed by atoms with E-state index in [-0.39, 0.29) is 24.9 Å². The number of likely N-dealkylation sites (tertiary alicyclic amines) is 1. The van der Waals surface area contributed by atoms with Crippen LogP contribution in [0.15, 0.2) is 42.5 Å². The van der Waals surface area contributed by atoms with E-state index in [0.29, 0.717) is 53.9 Å². The van der Waals surface area contributed by atoms with E-state index in [1.54, 1.807) is 48.4 Å². The van der Waals surface area contributed by atoms with Gasteiger partial charge in [-0.2, -0.15) is 5.26 Å². The Morgan fingerprint density at radius 2 is 1.88 bits per heavy atom. The molecule has 1 saturated heterocycles. The fraction of sp³-hybridized carbons (Fsp3) is 0.400. The maximum Gasteiger partial charge on any atom is 0.254 e. The molecule has 180 valence electrons. The van der Waals surface area contributed by atoms with Crippen molar-refractivity contribution in [1.82, 2.24) is 9.80 Å². The molecular weight excluding hydrogens is 477 g/mol. The van der Waals surface area contributed by atoms with Crippen LogP contribution in [-0.4, -0.2) is 68.6 Å². The number of nitriles is 1. The summed E-state index contributed by atoms with van der Waals surface area (Å²) in [6, 6.07) is 14.4. The lowest BCUT2D eigenvalue weighted by Gasteiger charge is -2.38. The molecule has 0 unspecified atom stereocenters. The number of ether oxygens (including phenoxy) is 2. The van der Waals surface area contributed by atoms with Crippen molar-refractivity contribution >= 4 is 35.0 Å².